The van der Waals surface area contributed by atoms with Crippen LogP contribution in [0.15, 0.2) is 12.4 Å². The molecule has 0 unspecified atom stereocenters. The number of rotatable bonds is 8. The summed E-state index contributed by atoms with van der Waals surface area (Å²) in [5.41, 5.74) is 0. The minimum Gasteiger partial charge on any atom is -0.378 e. The van der Waals surface area contributed by atoms with Crippen molar-refractivity contribution in [2.75, 3.05) is 19.7 Å². The lowest BCUT2D eigenvalue weighted by Gasteiger charge is -2.27. The Morgan fingerprint density at radius 1 is 1.50 bits per heavy atom. The summed E-state index contributed by atoms with van der Waals surface area (Å²) in [5, 5.41) is 2.94. The molecule has 1 aliphatic rings. The normalized spacial score (nSPS) is 20.9. The highest BCUT2D eigenvalue weighted by Gasteiger charge is 2.41. The van der Waals surface area contributed by atoms with Crippen LogP contribution in [-0.2, 0) is 21.4 Å². The van der Waals surface area contributed by atoms with Crippen LogP contribution in [0.1, 0.15) is 45.5 Å². The summed E-state index contributed by atoms with van der Waals surface area (Å²) in [4.78, 5) is 30.5. The monoisotopic (exact) mass is 336 g/mol. The van der Waals surface area contributed by atoms with E-state index in [1.807, 2.05) is 43.5 Å². The molecule has 1 N–H and O–H groups in total. The van der Waals surface area contributed by atoms with Crippen LogP contribution in [0.5, 0.6) is 0 Å². The van der Waals surface area contributed by atoms with E-state index in [0.29, 0.717) is 32.5 Å². The highest BCUT2D eigenvalue weighted by atomic mass is 16.5. The molecule has 7 heteroatoms. The summed E-state index contributed by atoms with van der Waals surface area (Å²) in [6.07, 6.45) is 4.52. The zero-order valence-corrected chi connectivity index (χ0v) is 15.0. The number of aromatic nitrogens is 2. The maximum absolute atomic E-state index is 12.3. The molecule has 0 spiro atoms. The SMILES string of the molecule is CCN1C(=O)C[C@@H](CNC(=O)CCOC(C)C)[C@@H]1c1nccn1C. The largest absolute Gasteiger partial charge is 0.378 e. The summed E-state index contributed by atoms with van der Waals surface area (Å²) in [6.45, 7) is 7.38. The molecule has 1 fully saturated rings. The first-order valence-electron chi connectivity index (χ1n) is 8.59. The van der Waals surface area contributed by atoms with Crippen molar-refractivity contribution < 1.29 is 14.3 Å². The van der Waals surface area contributed by atoms with Crippen molar-refractivity contribution >= 4 is 11.8 Å². The van der Waals surface area contributed by atoms with Gasteiger partial charge < -0.3 is 19.5 Å². The molecule has 1 saturated heterocycles. The second-order valence-electron chi connectivity index (χ2n) is 6.46. The second kappa shape index (κ2) is 8.28. The van der Waals surface area contributed by atoms with Crippen LogP contribution in [0.25, 0.3) is 0 Å². The van der Waals surface area contributed by atoms with Gasteiger partial charge in [-0.2, -0.15) is 0 Å². The third-order valence-electron chi connectivity index (χ3n) is 4.34. The zero-order valence-electron chi connectivity index (χ0n) is 15.0. The number of nitrogens with one attached hydrogen (secondary N) is 1. The van der Waals surface area contributed by atoms with Gasteiger partial charge >= 0.3 is 0 Å². The van der Waals surface area contributed by atoms with Gasteiger partial charge in [-0.05, 0) is 20.8 Å². The van der Waals surface area contributed by atoms with E-state index in [4.69, 9.17) is 4.74 Å². The van der Waals surface area contributed by atoms with E-state index in [2.05, 4.69) is 10.3 Å². The predicted molar refractivity (Wildman–Crippen MR) is 90.2 cm³/mol. The van der Waals surface area contributed by atoms with Gasteiger partial charge in [-0.25, -0.2) is 4.98 Å². The Bertz CT molecular complexity index is 570. The van der Waals surface area contributed by atoms with Crippen LogP contribution in [0.2, 0.25) is 0 Å². The van der Waals surface area contributed by atoms with E-state index in [1.165, 1.54) is 0 Å². The average Bonchev–Trinajstić information content (AvgIpc) is 3.07. The molecule has 2 heterocycles. The number of ether oxygens (including phenoxy) is 1. The van der Waals surface area contributed by atoms with Crippen LogP contribution in [-0.4, -0.2) is 52.1 Å². The maximum Gasteiger partial charge on any atom is 0.223 e. The Balaban J connectivity index is 1.96. The van der Waals surface area contributed by atoms with Crippen molar-refractivity contribution in [2.24, 2.45) is 13.0 Å². The molecule has 0 aromatic carbocycles. The fourth-order valence-electron chi connectivity index (χ4n) is 3.15. The first-order valence-corrected chi connectivity index (χ1v) is 8.59. The summed E-state index contributed by atoms with van der Waals surface area (Å²) in [7, 11) is 1.93. The average molecular weight is 336 g/mol. The van der Waals surface area contributed by atoms with Gasteiger partial charge in [-0.3, -0.25) is 9.59 Å². The van der Waals surface area contributed by atoms with E-state index < -0.39 is 0 Å². The Morgan fingerprint density at radius 3 is 2.83 bits per heavy atom. The van der Waals surface area contributed by atoms with Crippen LogP contribution in [0.4, 0.5) is 0 Å². The lowest BCUT2D eigenvalue weighted by Crippen LogP contribution is -2.35. The number of amides is 2. The van der Waals surface area contributed by atoms with Gasteiger partial charge in [0.1, 0.15) is 5.82 Å². The molecule has 0 bridgehead atoms. The minimum atomic E-state index is -0.0882. The summed E-state index contributed by atoms with van der Waals surface area (Å²) >= 11 is 0. The molecule has 7 nitrogen and oxygen atoms in total. The zero-order chi connectivity index (χ0) is 17.7. The number of carbonyl (C=O) groups excluding carboxylic acids is 2. The molecule has 0 aliphatic carbocycles. The first-order chi connectivity index (χ1) is 11.4. The summed E-state index contributed by atoms with van der Waals surface area (Å²) in [5.74, 6) is 0.975. The maximum atomic E-state index is 12.3. The number of nitrogens with zero attached hydrogens (tertiary/aromatic N) is 3. The lowest BCUT2D eigenvalue weighted by molar-refractivity contribution is -0.129. The van der Waals surface area contributed by atoms with Crippen molar-refractivity contribution in [3.63, 3.8) is 0 Å². The number of hydrogen-bond acceptors (Lipinski definition) is 4. The molecule has 2 atom stereocenters. The van der Waals surface area contributed by atoms with Gasteiger partial charge in [0, 0.05) is 51.3 Å². The number of aryl methyl sites for hydroxylation is 1. The van der Waals surface area contributed by atoms with Crippen LogP contribution in [0, 0.1) is 5.92 Å². The third kappa shape index (κ3) is 4.35. The van der Waals surface area contributed by atoms with Gasteiger partial charge in [0.15, 0.2) is 0 Å². The molecule has 2 rings (SSSR count). The Hall–Kier alpha value is -1.89. The fraction of sp³-hybridized carbons (Fsp3) is 0.706. The fourth-order valence-corrected chi connectivity index (χ4v) is 3.15. The third-order valence-corrected chi connectivity index (χ3v) is 4.34. The first kappa shape index (κ1) is 18.4. The number of hydrogen-bond donors (Lipinski definition) is 1. The molecule has 0 saturated carbocycles. The molecule has 24 heavy (non-hydrogen) atoms. The van der Waals surface area contributed by atoms with Crippen LogP contribution in [0.3, 0.4) is 0 Å². The van der Waals surface area contributed by atoms with Crippen molar-refractivity contribution in [1.29, 1.82) is 0 Å². The highest BCUT2D eigenvalue weighted by molar-refractivity contribution is 5.80. The number of carbonyl (C=O) groups is 2. The van der Waals surface area contributed by atoms with Crippen LogP contribution >= 0.6 is 0 Å². The summed E-state index contributed by atoms with van der Waals surface area (Å²) < 4.78 is 7.34. The van der Waals surface area contributed by atoms with E-state index in [1.54, 1.807) is 6.20 Å². The van der Waals surface area contributed by atoms with E-state index in [-0.39, 0.29) is 29.9 Å². The van der Waals surface area contributed by atoms with E-state index in [0.717, 1.165) is 5.82 Å². The topological polar surface area (TPSA) is 76.5 Å². The molecule has 0 radical (unpaired) electrons. The van der Waals surface area contributed by atoms with Crippen molar-refractivity contribution in [1.82, 2.24) is 19.8 Å². The Labute approximate surface area is 143 Å². The Morgan fingerprint density at radius 2 is 2.25 bits per heavy atom. The molecule has 2 amide bonds. The van der Waals surface area contributed by atoms with Gasteiger partial charge in [0.25, 0.3) is 0 Å². The van der Waals surface area contributed by atoms with Gasteiger partial charge in [-0.1, -0.05) is 0 Å². The standard InChI is InChI=1S/C17H28N4O3/c1-5-21-15(23)10-13(16(21)17-18-7-8-20(17)4)11-19-14(22)6-9-24-12(2)3/h7-8,12-13,16H,5-6,9-11H2,1-4H3,(H,19,22)/t13-,16+/m0/s1. The molecule has 1 aromatic rings. The van der Waals surface area contributed by atoms with Gasteiger partial charge in [0.05, 0.1) is 18.8 Å². The second-order valence-corrected chi connectivity index (χ2v) is 6.46. The van der Waals surface area contributed by atoms with Crippen molar-refractivity contribution in [3.8, 4) is 0 Å². The number of imidazole rings is 1. The lowest BCUT2D eigenvalue weighted by atomic mass is 9.99. The molecule has 1 aromatic heterocycles. The molecule has 134 valence electrons. The van der Waals surface area contributed by atoms with Crippen molar-refractivity contribution in [2.45, 2.75) is 45.8 Å². The van der Waals surface area contributed by atoms with Gasteiger partial charge in [0.2, 0.25) is 11.8 Å². The number of likely N-dealkylation sites (tertiary alicyclic amines) is 1. The quantitative estimate of drug-likeness (QED) is 0.775. The van der Waals surface area contributed by atoms with Crippen LogP contribution < -0.4 is 5.32 Å². The molecular formula is C17H28N4O3. The molecule has 1 aliphatic heterocycles. The van der Waals surface area contributed by atoms with Crippen molar-refractivity contribution in [3.05, 3.63) is 18.2 Å². The minimum absolute atomic E-state index is 0.0357. The van der Waals surface area contributed by atoms with E-state index in [9.17, 15) is 9.59 Å². The Kier molecular flexibility index (Phi) is 6.36. The van der Waals surface area contributed by atoms with Gasteiger partial charge in [-0.15, -0.1) is 0 Å². The summed E-state index contributed by atoms with van der Waals surface area (Å²) in [6, 6.07) is -0.0882. The highest BCUT2D eigenvalue weighted by Crippen LogP contribution is 2.36. The predicted octanol–water partition coefficient (Wildman–Crippen LogP) is 1.26. The molecular weight excluding hydrogens is 308 g/mol. The van der Waals surface area contributed by atoms with E-state index >= 15 is 0 Å². The smallest absolute Gasteiger partial charge is 0.223 e.